The van der Waals surface area contributed by atoms with Crippen molar-refractivity contribution in [2.45, 2.75) is 0 Å². The second-order valence-corrected chi connectivity index (χ2v) is 5.76. The maximum absolute atomic E-state index is 7.81. The Balaban J connectivity index is 2.35. The van der Waals surface area contributed by atoms with Crippen LogP contribution in [0, 0.1) is 10.8 Å². The highest BCUT2D eigenvalue weighted by atomic mass is 35.5. The lowest BCUT2D eigenvalue weighted by Crippen LogP contribution is -2.16. The van der Waals surface area contributed by atoms with Crippen molar-refractivity contribution in [1.82, 2.24) is 4.09 Å². The van der Waals surface area contributed by atoms with E-state index in [2.05, 4.69) is 0 Å². The van der Waals surface area contributed by atoms with Crippen LogP contribution in [0.1, 0.15) is 11.1 Å². The molecule has 0 spiro atoms. The van der Waals surface area contributed by atoms with Gasteiger partial charge in [0.25, 0.3) is 0 Å². The number of amidine groups is 2. The molecule has 0 atom stereocenters. The molecular formula is C16H13Cl2N5. The largest absolute Gasteiger partial charge is 0.384 e. The molecule has 0 aliphatic carbocycles. The van der Waals surface area contributed by atoms with Crippen molar-refractivity contribution < 1.29 is 0 Å². The summed E-state index contributed by atoms with van der Waals surface area (Å²) < 4.78 is 1.45. The first-order valence-corrected chi connectivity index (χ1v) is 7.41. The molecule has 0 saturated carbocycles. The molecule has 23 heavy (non-hydrogen) atoms. The van der Waals surface area contributed by atoms with E-state index in [1.54, 1.807) is 18.2 Å². The zero-order valence-corrected chi connectivity index (χ0v) is 13.4. The first-order chi connectivity index (χ1) is 10.9. The number of nitrogens with two attached hydrogens (primary N) is 2. The Bertz CT molecular complexity index is 920. The summed E-state index contributed by atoms with van der Waals surface area (Å²) in [7, 11) is 0. The van der Waals surface area contributed by atoms with Crippen molar-refractivity contribution in [3.8, 4) is 11.3 Å². The summed E-state index contributed by atoms with van der Waals surface area (Å²) in [5.41, 5.74) is 14.0. The highest BCUT2D eigenvalue weighted by Gasteiger charge is 2.20. The van der Waals surface area contributed by atoms with Gasteiger partial charge in [-0.2, -0.15) is 0 Å². The molecule has 1 heterocycles. The summed E-state index contributed by atoms with van der Waals surface area (Å²) >= 11 is 12.9. The quantitative estimate of drug-likeness (QED) is 0.430. The Kier molecular flexibility index (Phi) is 3.75. The standard InChI is InChI=1S/C16H13Cl2N5/c17-13-10-3-1-2-4-12(10)23(18)14(13)9-6-5-8(15(19)20)7-11(9)16(21)22/h1-7H,(H3,19,20)(H3,21,22). The number of benzene rings is 2. The molecule has 1 aromatic heterocycles. The fraction of sp³-hybridized carbons (Fsp3) is 0. The van der Waals surface area contributed by atoms with Gasteiger partial charge < -0.3 is 11.5 Å². The number of nitrogen functional groups attached to an aromatic ring is 2. The monoisotopic (exact) mass is 345 g/mol. The Labute approximate surface area is 142 Å². The molecule has 116 valence electrons. The van der Waals surface area contributed by atoms with Crippen LogP contribution in [0.5, 0.6) is 0 Å². The molecular weight excluding hydrogens is 333 g/mol. The van der Waals surface area contributed by atoms with Gasteiger partial charge in [0.15, 0.2) is 0 Å². The number of hydrogen-bond donors (Lipinski definition) is 4. The van der Waals surface area contributed by atoms with Crippen LogP contribution in [0.3, 0.4) is 0 Å². The van der Waals surface area contributed by atoms with Gasteiger partial charge in [-0.15, -0.1) is 0 Å². The molecule has 0 aliphatic rings. The molecule has 0 unspecified atom stereocenters. The van der Waals surface area contributed by atoms with E-state index >= 15 is 0 Å². The molecule has 0 radical (unpaired) electrons. The molecule has 7 heteroatoms. The first-order valence-electron chi connectivity index (χ1n) is 6.70. The number of hydrogen-bond acceptors (Lipinski definition) is 2. The normalized spacial score (nSPS) is 10.9. The second kappa shape index (κ2) is 5.61. The van der Waals surface area contributed by atoms with Crippen LogP contribution in [0.25, 0.3) is 22.2 Å². The number of nitrogens with zero attached hydrogens (tertiary/aromatic N) is 1. The highest BCUT2D eigenvalue weighted by Crippen LogP contribution is 2.39. The Morgan fingerprint density at radius 2 is 1.70 bits per heavy atom. The first kappa shape index (κ1) is 15.4. The lowest BCUT2D eigenvalue weighted by molar-refractivity contribution is 1.31. The van der Waals surface area contributed by atoms with Crippen molar-refractivity contribution in [3.63, 3.8) is 0 Å². The Morgan fingerprint density at radius 1 is 1.00 bits per heavy atom. The molecule has 0 bridgehead atoms. The van der Waals surface area contributed by atoms with E-state index in [1.165, 1.54) is 4.09 Å². The fourth-order valence-corrected chi connectivity index (χ4v) is 3.24. The predicted octanol–water partition coefficient (Wildman–Crippen LogP) is 3.53. The lowest BCUT2D eigenvalue weighted by atomic mass is 10.00. The van der Waals surface area contributed by atoms with Crippen LogP contribution in [-0.2, 0) is 0 Å². The minimum Gasteiger partial charge on any atom is -0.384 e. The van der Waals surface area contributed by atoms with E-state index in [0.29, 0.717) is 27.4 Å². The number of aromatic nitrogens is 1. The molecule has 0 fully saturated rings. The van der Waals surface area contributed by atoms with Crippen molar-refractivity contribution in [2.24, 2.45) is 11.5 Å². The van der Waals surface area contributed by atoms with E-state index in [9.17, 15) is 0 Å². The van der Waals surface area contributed by atoms with Gasteiger partial charge in [0.05, 0.1) is 16.2 Å². The zero-order chi connectivity index (χ0) is 16.7. The Morgan fingerprint density at radius 3 is 2.30 bits per heavy atom. The van der Waals surface area contributed by atoms with Crippen LogP contribution >= 0.6 is 23.4 Å². The summed E-state index contributed by atoms with van der Waals surface area (Å²) in [6.07, 6.45) is 0. The smallest absolute Gasteiger partial charge is 0.123 e. The molecule has 5 nitrogen and oxygen atoms in total. The van der Waals surface area contributed by atoms with Crippen LogP contribution in [0.15, 0.2) is 42.5 Å². The number of para-hydroxylation sites is 1. The van der Waals surface area contributed by atoms with E-state index in [1.807, 2.05) is 24.3 Å². The highest BCUT2D eigenvalue weighted by molar-refractivity contribution is 6.40. The number of fused-ring (bicyclic) bond motifs is 1. The van der Waals surface area contributed by atoms with E-state index in [0.717, 1.165) is 10.9 Å². The molecule has 0 saturated heterocycles. The third-order valence-electron chi connectivity index (χ3n) is 3.63. The fourth-order valence-electron chi connectivity index (χ4n) is 2.53. The Hall–Kier alpha value is -2.50. The van der Waals surface area contributed by atoms with Crippen LogP contribution < -0.4 is 11.5 Å². The van der Waals surface area contributed by atoms with E-state index in [4.69, 9.17) is 45.7 Å². The summed E-state index contributed by atoms with van der Waals surface area (Å²) in [6.45, 7) is 0. The summed E-state index contributed by atoms with van der Waals surface area (Å²) in [6, 6.07) is 12.4. The average Bonchev–Trinajstić information content (AvgIpc) is 2.78. The summed E-state index contributed by atoms with van der Waals surface area (Å²) in [5.74, 6) is -0.252. The predicted molar refractivity (Wildman–Crippen MR) is 95.7 cm³/mol. The third kappa shape index (κ3) is 2.44. The van der Waals surface area contributed by atoms with Gasteiger partial charge in [-0.25, -0.2) is 0 Å². The number of halogens is 2. The molecule has 3 rings (SSSR count). The van der Waals surface area contributed by atoms with E-state index in [-0.39, 0.29) is 11.7 Å². The van der Waals surface area contributed by atoms with Crippen molar-refractivity contribution in [2.75, 3.05) is 0 Å². The maximum atomic E-state index is 7.81. The maximum Gasteiger partial charge on any atom is 0.123 e. The summed E-state index contributed by atoms with van der Waals surface area (Å²) in [5, 5.41) is 16.6. The van der Waals surface area contributed by atoms with Gasteiger partial charge >= 0.3 is 0 Å². The van der Waals surface area contributed by atoms with Gasteiger partial charge in [0.1, 0.15) is 11.7 Å². The number of rotatable bonds is 3. The second-order valence-electron chi connectivity index (χ2n) is 5.05. The van der Waals surface area contributed by atoms with E-state index < -0.39 is 0 Å². The minimum atomic E-state index is -0.152. The van der Waals surface area contributed by atoms with Crippen LogP contribution in [-0.4, -0.2) is 15.8 Å². The van der Waals surface area contributed by atoms with Gasteiger partial charge in [0, 0.05) is 33.9 Å². The molecule has 0 amide bonds. The van der Waals surface area contributed by atoms with Crippen molar-refractivity contribution in [1.29, 1.82) is 10.8 Å². The van der Waals surface area contributed by atoms with Crippen LogP contribution in [0.2, 0.25) is 5.02 Å². The molecule has 0 aliphatic heterocycles. The SMILES string of the molecule is N=C(N)c1ccc(-c2c(Cl)c3ccccc3n2Cl)c(C(=N)N)c1. The van der Waals surface area contributed by atoms with Crippen LogP contribution in [0.4, 0.5) is 0 Å². The van der Waals surface area contributed by atoms with Gasteiger partial charge in [-0.3, -0.25) is 14.9 Å². The average molecular weight is 346 g/mol. The minimum absolute atomic E-state index is 0.100. The zero-order valence-electron chi connectivity index (χ0n) is 11.9. The molecule has 6 N–H and O–H groups in total. The topological polar surface area (TPSA) is 105 Å². The van der Waals surface area contributed by atoms with Gasteiger partial charge in [-0.1, -0.05) is 41.9 Å². The third-order valence-corrected chi connectivity index (χ3v) is 4.37. The van der Waals surface area contributed by atoms with Gasteiger partial charge in [0.2, 0.25) is 0 Å². The van der Waals surface area contributed by atoms with Gasteiger partial charge in [-0.05, 0) is 12.1 Å². The van der Waals surface area contributed by atoms with Crippen molar-refractivity contribution in [3.05, 3.63) is 58.6 Å². The van der Waals surface area contributed by atoms with Crippen molar-refractivity contribution >= 4 is 46.0 Å². The molecule has 3 aromatic rings. The molecule has 2 aromatic carbocycles. The summed E-state index contributed by atoms with van der Waals surface area (Å²) in [4.78, 5) is 0. The lowest BCUT2D eigenvalue weighted by Gasteiger charge is -2.11. The number of nitrogens with one attached hydrogen (secondary N) is 2.